The minimum Gasteiger partial charge on any atom is -0.497 e. The van der Waals surface area contributed by atoms with Crippen LogP contribution < -0.4 is 10.1 Å². The van der Waals surface area contributed by atoms with Gasteiger partial charge in [-0.3, -0.25) is 9.78 Å². The second-order valence-electron chi connectivity index (χ2n) is 6.26. The fourth-order valence-electron chi connectivity index (χ4n) is 2.70. The molecule has 0 aliphatic rings. The first-order valence-corrected chi connectivity index (χ1v) is 10.1. The Morgan fingerprint density at radius 1 is 1.15 bits per heavy atom. The van der Waals surface area contributed by atoms with Gasteiger partial charge in [0.2, 0.25) is 5.91 Å². The first kappa shape index (κ1) is 18.8. The molecule has 0 saturated heterocycles. The quantitative estimate of drug-likeness (QED) is 0.705. The normalized spacial score (nSPS) is 12.5. The summed E-state index contributed by atoms with van der Waals surface area (Å²) in [5, 5.41) is 3.67. The van der Waals surface area contributed by atoms with Crippen molar-refractivity contribution in [2.75, 3.05) is 18.2 Å². The Morgan fingerprint density at radius 3 is 2.59 bits per heavy atom. The zero-order chi connectivity index (χ0) is 19.4. The maximum atomic E-state index is 12.5. The molecule has 1 heterocycles. The molecule has 1 N–H and O–H groups in total. The number of ether oxygens (including phenoxy) is 1. The number of rotatable bonds is 6. The molecule has 1 unspecified atom stereocenters. The number of aromatic nitrogens is 1. The Bertz CT molecular complexity index is 1060. The van der Waals surface area contributed by atoms with Crippen molar-refractivity contribution in [3.8, 4) is 5.75 Å². The summed E-state index contributed by atoms with van der Waals surface area (Å²) >= 11 is 0. The average Bonchev–Trinajstić information content (AvgIpc) is 2.67. The van der Waals surface area contributed by atoms with E-state index >= 15 is 0 Å². The Balaban J connectivity index is 1.70. The van der Waals surface area contributed by atoms with Crippen molar-refractivity contribution in [1.82, 2.24) is 4.98 Å². The number of benzene rings is 2. The van der Waals surface area contributed by atoms with E-state index in [1.807, 2.05) is 24.3 Å². The molecule has 0 aliphatic heterocycles. The Kier molecular flexibility index (Phi) is 5.41. The van der Waals surface area contributed by atoms with E-state index < -0.39 is 15.8 Å². The fourth-order valence-corrected chi connectivity index (χ4v) is 4.26. The standard InChI is InChI=1S/C20H20N2O4S/c1-14(13-27(24,25)18-8-6-17(26-2)7-9-18)20(23)22-16-5-10-19-15(12-16)4-3-11-21-19/h3-12,14H,13H2,1-2H3,(H,22,23). The number of pyridine rings is 1. The van der Waals surface area contributed by atoms with Crippen LogP contribution in [0.3, 0.4) is 0 Å². The van der Waals surface area contributed by atoms with Crippen LogP contribution in [0.1, 0.15) is 6.92 Å². The molecule has 0 radical (unpaired) electrons. The lowest BCUT2D eigenvalue weighted by Crippen LogP contribution is -2.27. The number of carbonyl (C=O) groups excluding carboxylic acids is 1. The Morgan fingerprint density at radius 2 is 1.89 bits per heavy atom. The lowest BCUT2D eigenvalue weighted by Gasteiger charge is -2.13. The summed E-state index contributed by atoms with van der Waals surface area (Å²) in [6.45, 7) is 1.60. The molecule has 3 rings (SSSR count). The van der Waals surface area contributed by atoms with Crippen molar-refractivity contribution in [2.45, 2.75) is 11.8 Å². The molecule has 0 aliphatic carbocycles. The smallest absolute Gasteiger partial charge is 0.228 e. The van der Waals surface area contributed by atoms with Crippen molar-refractivity contribution < 1.29 is 17.9 Å². The van der Waals surface area contributed by atoms with Crippen molar-refractivity contribution in [3.05, 3.63) is 60.8 Å². The summed E-state index contributed by atoms with van der Waals surface area (Å²) in [4.78, 5) is 16.8. The topological polar surface area (TPSA) is 85.4 Å². The first-order valence-electron chi connectivity index (χ1n) is 8.41. The number of nitrogens with zero attached hydrogens (tertiary/aromatic N) is 1. The van der Waals surface area contributed by atoms with Crippen LogP contribution >= 0.6 is 0 Å². The van der Waals surface area contributed by atoms with E-state index in [0.29, 0.717) is 11.4 Å². The summed E-state index contributed by atoms with van der Waals surface area (Å²) in [5.41, 5.74) is 1.43. The number of anilines is 1. The van der Waals surface area contributed by atoms with E-state index in [-0.39, 0.29) is 16.6 Å². The number of nitrogens with one attached hydrogen (secondary N) is 1. The number of carbonyl (C=O) groups is 1. The van der Waals surface area contributed by atoms with Gasteiger partial charge < -0.3 is 10.1 Å². The summed E-state index contributed by atoms with van der Waals surface area (Å²) in [5.74, 6) is -0.761. The van der Waals surface area contributed by atoms with Gasteiger partial charge in [0.05, 0.1) is 23.3 Å². The monoisotopic (exact) mass is 384 g/mol. The van der Waals surface area contributed by atoms with Gasteiger partial charge in [-0.2, -0.15) is 0 Å². The lowest BCUT2D eigenvalue weighted by atomic mass is 10.1. The number of hydrogen-bond acceptors (Lipinski definition) is 5. The zero-order valence-electron chi connectivity index (χ0n) is 15.0. The zero-order valence-corrected chi connectivity index (χ0v) is 15.9. The molecule has 140 valence electrons. The molecule has 1 amide bonds. The van der Waals surface area contributed by atoms with Crippen molar-refractivity contribution in [2.24, 2.45) is 5.92 Å². The number of hydrogen-bond donors (Lipinski definition) is 1. The SMILES string of the molecule is COc1ccc(S(=O)(=O)CC(C)C(=O)Nc2ccc3ncccc3c2)cc1. The maximum Gasteiger partial charge on any atom is 0.228 e. The molecule has 6 nitrogen and oxygen atoms in total. The average molecular weight is 384 g/mol. The van der Waals surface area contributed by atoms with Crippen LogP contribution in [-0.4, -0.2) is 32.2 Å². The highest BCUT2D eigenvalue weighted by molar-refractivity contribution is 7.91. The van der Waals surface area contributed by atoms with Crippen LogP contribution in [-0.2, 0) is 14.6 Å². The summed E-state index contributed by atoms with van der Waals surface area (Å²) in [7, 11) is -2.07. The minimum atomic E-state index is -3.58. The van der Waals surface area contributed by atoms with Crippen LogP contribution in [0, 0.1) is 5.92 Å². The second kappa shape index (κ2) is 7.75. The third-order valence-electron chi connectivity index (χ3n) is 4.21. The Hall–Kier alpha value is -2.93. The molecule has 1 aromatic heterocycles. The molecular weight excluding hydrogens is 364 g/mol. The highest BCUT2D eigenvalue weighted by Gasteiger charge is 2.23. The number of sulfone groups is 1. The van der Waals surface area contributed by atoms with Gasteiger partial charge in [-0.15, -0.1) is 0 Å². The van der Waals surface area contributed by atoms with Crippen molar-refractivity contribution in [3.63, 3.8) is 0 Å². The van der Waals surface area contributed by atoms with Gasteiger partial charge in [0.1, 0.15) is 5.75 Å². The van der Waals surface area contributed by atoms with Crippen LogP contribution in [0.5, 0.6) is 5.75 Å². The van der Waals surface area contributed by atoms with Gasteiger partial charge in [0.15, 0.2) is 9.84 Å². The second-order valence-corrected chi connectivity index (χ2v) is 8.29. The van der Waals surface area contributed by atoms with Crippen molar-refractivity contribution in [1.29, 1.82) is 0 Å². The van der Waals surface area contributed by atoms with E-state index in [9.17, 15) is 13.2 Å². The predicted octanol–water partition coefficient (Wildman–Crippen LogP) is 3.29. The molecule has 1 atom stereocenters. The summed E-state index contributed by atoms with van der Waals surface area (Å²) < 4.78 is 30.1. The predicted molar refractivity (Wildman–Crippen MR) is 105 cm³/mol. The third kappa shape index (κ3) is 4.43. The van der Waals surface area contributed by atoms with E-state index in [2.05, 4.69) is 10.3 Å². The molecular formula is C20H20N2O4S. The number of methoxy groups -OCH3 is 1. The van der Waals surface area contributed by atoms with Crippen LogP contribution in [0.15, 0.2) is 65.7 Å². The van der Waals surface area contributed by atoms with E-state index in [1.165, 1.54) is 19.2 Å². The number of amides is 1. The number of fused-ring (bicyclic) bond motifs is 1. The molecule has 0 spiro atoms. The summed E-state index contributed by atoms with van der Waals surface area (Å²) in [6.07, 6.45) is 1.70. The van der Waals surface area contributed by atoms with Gasteiger partial charge in [-0.25, -0.2) is 8.42 Å². The largest absolute Gasteiger partial charge is 0.497 e. The van der Waals surface area contributed by atoms with Gasteiger partial charge in [0.25, 0.3) is 0 Å². The van der Waals surface area contributed by atoms with Crippen LogP contribution in [0.4, 0.5) is 5.69 Å². The van der Waals surface area contributed by atoms with E-state index in [0.717, 1.165) is 10.9 Å². The van der Waals surface area contributed by atoms with Crippen molar-refractivity contribution >= 4 is 32.3 Å². The van der Waals surface area contributed by atoms with Gasteiger partial charge >= 0.3 is 0 Å². The maximum absolute atomic E-state index is 12.5. The first-order chi connectivity index (χ1) is 12.9. The molecule has 7 heteroatoms. The Labute approximate surface area is 158 Å². The van der Waals surface area contributed by atoms with E-state index in [1.54, 1.807) is 31.3 Å². The molecule has 0 bridgehead atoms. The lowest BCUT2D eigenvalue weighted by molar-refractivity contribution is -0.118. The van der Waals surface area contributed by atoms with E-state index in [4.69, 9.17) is 4.74 Å². The fraction of sp³-hybridized carbons (Fsp3) is 0.200. The summed E-state index contributed by atoms with van der Waals surface area (Å²) in [6, 6.07) is 15.2. The van der Waals surface area contributed by atoms with Gasteiger partial charge in [-0.1, -0.05) is 13.0 Å². The molecule has 0 saturated carbocycles. The molecule has 27 heavy (non-hydrogen) atoms. The van der Waals surface area contributed by atoms with Gasteiger partial charge in [-0.05, 0) is 48.5 Å². The molecule has 2 aromatic carbocycles. The van der Waals surface area contributed by atoms with Gasteiger partial charge in [0, 0.05) is 23.2 Å². The molecule has 0 fully saturated rings. The molecule has 3 aromatic rings. The highest BCUT2D eigenvalue weighted by atomic mass is 32.2. The minimum absolute atomic E-state index is 0.166. The van der Waals surface area contributed by atoms with Crippen LogP contribution in [0.25, 0.3) is 10.9 Å². The van der Waals surface area contributed by atoms with Crippen LogP contribution in [0.2, 0.25) is 0 Å². The third-order valence-corrected chi connectivity index (χ3v) is 6.14. The highest BCUT2D eigenvalue weighted by Crippen LogP contribution is 2.20.